The van der Waals surface area contributed by atoms with Gasteiger partial charge in [0.25, 0.3) is 0 Å². The molecule has 0 aromatic heterocycles. The van der Waals surface area contributed by atoms with E-state index in [2.05, 4.69) is 13.8 Å². The Bertz CT molecular complexity index is 313. The molecule has 2 heterocycles. The van der Waals surface area contributed by atoms with E-state index in [1.807, 2.05) is 0 Å². The summed E-state index contributed by atoms with van der Waals surface area (Å²) in [6.45, 7) is 4.35. The Morgan fingerprint density at radius 1 is 0.714 bits per heavy atom. The summed E-state index contributed by atoms with van der Waals surface area (Å²) in [5, 5.41) is 0. The van der Waals surface area contributed by atoms with Crippen molar-refractivity contribution in [2.75, 3.05) is 0 Å². The third-order valence-corrected chi connectivity index (χ3v) is 18.5. The standard InChI is InChI=1S/C8H6Cl2Se4/c1-3-5(9)13-7(11-3)8-12-4(2)6(10)14-8/h1-2H3/b8-7+. The van der Waals surface area contributed by atoms with Gasteiger partial charge in [0.15, 0.2) is 0 Å². The van der Waals surface area contributed by atoms with Crippen LogP contribution in [0.4, 0.5) is 0 Å². The first-order chi connectivity index (χ1) is 6.58. The summed E-state index contributed by atoms with van der Waals surface area (Å²) in [4.78, 5) is 0. The molecule has 76 valence electrons. The predicted octanol–water partition coefficient (Wildman–Crippen LogP) is 1.81. The Balaban J connectivity index is 2.17. The van der Waals surface area contributed by atoms with Crippen molar-refractivity contribution in [1.29, 1.82) is 0 Å². The van der Waals surface area contributed by atoms with Crippen LogP contribution in [0.1, 0.15) is 13.8 Å². The van der Waals surface area contributed by atoms with Crippen molar-refractivity contribution in [2.45, 2.75) is 13.8 Å². The van der Waals surface area contributed by atoms with Gasteiger partial charge in [-0.25, -0.2) is 0 Å². The summed E-state index contributed by atoms with van der Waals surface area (Å²) >= 11 is 14.3. The molecule has 0 aromatic rings. The molecule has 0 aliphatic carbocycles. The zero-order valence-corrected chi connectivity index (χ0v) is 15.8. The molecule has 0 saturated carbocycles. The van der Waals surface area contributed by atoms with Crippen molar-refractivity contribution in [3.05, 3.63) is 23.5 Å². The fraction of sp³-hybridized carbons (Fsp3) is 0.250. The number of halogens is 2. The van der Waals surface area contributed by atoms with Gasteiger partial charge in [0.2, 0.25) is 0 Å². The molecular formula is C8H6Cl2Se4. The van der Waals surface area contributed by atoms with Gasteiger partial charge in [-0.15, -0.1) is 0 Å². The van der Waals surface area contributed by atoms with E-state index in [1.165, 1.54) is 8.94 Å². The molecule has 0 unspecified atom stereocenters. The second-order valence-electron chi connectivity index (χ2n) is 2.64. The van der Waals surface area contributed by atoms with Crippen LogP contribution in [0, 0.1) is 0 Å². The number of rotatable bonds is 0. The second kappa shape index (κ2) is 5.03. The van der Waals surface area contributed by atoms with Crippen molar-refractivity contribution < 1.29 is 0 Å². The monoisotopic (exact) mass is 492 g/mol. The molecule has 14 heavy (non-hydrogen) atoms. The molecule has 2 aliphatic rings. The minimum absolute atomic E-state index is 0.451. The topological polar surface area (TPSA) is 0 Å². The van der Waals surface area contributed by atoms with Gasteiger partial charge in [-0.3, -0.25) is 0 Å². The average Bonchev–Trinajstić information content (AvgIpc) is 2.60. The third kappa shape index (κ3) is 2.58. The Morgan fingerprint density at radius 3 is 1.29 bits per heavy atom. The molecule has 0 atom stereocenters. The molecular weight excluding hydrogens is 483 g/mol. The summed E-state index contributed by atoms with van der Waals surface area (Å²) in [6, 6.07) is 0. The summed E-state index contributed by atoms with van der Waals surface area (Å²) < 4.78 is 8.53. The molecule has 0 N–H and O–H groups in total. The Morgan fingerprint density at radius 2 is 1.07 bits per heavy atom. The van der Waals surface area contributed by atoms with Crippen LogP contribution in [-0.2, 0) is 0 Å². The van der Waals surface area contributed by atoms with Crippen LogP contribution in [0.15, 0.2) is 23.5 Å². The zero-order chi connectivity index (χ0) is 10.3. The Labute approximate surface area is 119 Å². The average molecular weight is 489 g/mol. The SMILES string of the molecule is CC1=C(Cl)[Se]/C(=C2\[Se]C(C)=C(Cl)[Se]2)[Se]1. The van der Waals surface area contributed by atoms with E-state index in [0.29, 0.717) is 59.8 Å². The summed E-state index contributed by atoms with van der Waals surface area (Å²) in [6.07, 6.45) is 0. The first kappa shape index (κ1) is 12.3. The molecule has 0 fully saturated rings. The molecule has 0 amide bonds. The first-order valence-electron chi connectivity index (χ1n) is 3.76. The Hall–Kier alpha value is 1.88. The van der Waals surface area contributed by atoms with E-state index in [4.69, 9.17) is 23.2 Å². The quantitative estimate of drug-likeness (QED) is 0.456. The van der Waals surface area contributed by atoms with Gasteiger partial charge in [-0.2, -0.15) is 0 Å². The van der Waals surface area contributed by atoms with Gasteiger partial charge in [-0.1, -0.05) is 0 Å². The van der Waals surface area contributed by atoms with Crippen molar-refractivity contribution in [1.82, 2.24) is 0 Å². The number of hydrogen-bond donors (Lipinski definition) is 0. The maximum absolute atomic E-state index is 6.16. The minimum atomic E-state index is 0.451. The molecule has 0 nitrogen and oxygen atoms in total. The molecule has 0 spiro atoms. The number of hydrogen-bond acceptors (Lipinski definition) is 0. The van der Waals surface area contributed by atoms with E-state index >= 15 is 0 Å². The van der Waals surface area contributed by atoms with E-state index in [-0.39, 0.29) is 0 Å². The van der Waals surface area contributed by atoms with Gasteiger partial charge in [-0.05, 0) is 0 Å². The molecule has 2 aliphatic heterocycles. The van der Waals surface area contributed by atoms with Crippen LogP contribution in [0.5, 0.6) is 0 Å². The molecule has 6 heteroatoms. The van der Waals surface area contributed by atoms with Crippen molar-refractivity contribution in [2.24, 2.45) is 0 Å². The van der Waals surface area contributed by atoms with Gasteiger partial charge in [0.1, 0.15) is 0 Å². The van der Waals surface area contributed by atoms with Crippen LogP contribution in [0.3, 0.4) is 0 Å². The maximum atomic E-state index is 6.16. The van der Waals surface area contributed by atoms with E-state index < -0.39 is 0 Å². The van der Waals surface area contributed by atoms with E-state index in [1.54, 1.807) is 6.74 Å². The third-order valence-electron chi connectivity index (χ3n) is 1.58. The van der Waals surface area contributed by atoms with E-state index in [9.17, 15) is 0 Å². The fourth-order valence-electron chi connectivity index (χ4n) is 0.873. The number of allylic oxidation sites excluding steroid dienone is 2. The summed E-state index contributed by atoms with van der Waals surface area (Å²) in [5.74, 6) is 0. The summed E-state index contributed by atoms with van der Waals surface area (Å²) in [7, 11) is 0. The Kier molecular flexibility index (Phi) is 4.43. The van der Waals surface area contributed by atoms with Crippen molar-refractivity contribution in [3.63, 3.8) is 0 Å². The van der Waals surface area contributed by atoms with Gasteiger partial charge in [0.05, 0.1) is 0 Å². The molecule has 0 aromatic carbocycles. The van der Waals surface area contributed by atoms with Crippen LogP contribution in [0.25, 0.3) is 0 Å². The fourth-order valence-corrected chi connectivity index (χ4v) is 17.7. The first-order valence-corrected chi connectivity index (χ1v) is 11.4. The normalized spacial score (nSPS) is 28.3. The van der Waals surface area contributed by atoms with Gasteiger partial charge >= 0.3 is 120 Å². The second-order valence-corrected chi connectivity index (χ2v) is 16.5. The predicted molar refractivity (Wildman–Crippen MR) is 67.1 cm³/mol. The van der Waals surface area contributed by atoms with Crippen LogP contribution < -0.4 is 0 Å². The summed E-state index contributed by atoms with van der Waals surface area (Å²) in [5.41, 5.74) is 0. The van der Waals surface area contributed by atoms with Crippen LogP contribution in [-0.4, -0.2) is 59.8 Å². The van der Waals surface area contributed by atoms with Gasteiger partial charge < -0.3 is 0 Å². The molecule has 0 bridgehead atoms. The van der Waals surface area contributed by atoms with Gasteiger partial charge in [0, 0.05) is 0 Å². The zero-order valence-electron chi connectivity index (χ0n) is 7.39. The van der Waals surface area contributed by atoms with Crippen molar-refractivity contribution >= 4 is 83.0 Å². The molecule has 2 rings (SSSR count). The van der Waals surface area contributed by atoms with E-state index in [0.717, 1.165) is 7.86 Å². The van der Waals surface area contributed by atoms with Crippen LogP contribution in [0.2, 0.25) is 0 Å². The molecule has 0 radical (unpaired) electrons. The van der Waals surface area contributed by atoms with Crippen molar-refractivity contribution in [3.8, 4) is 0 Å². The van der Waals surface area contributed by atoms with Crippen LogP contribution >= 0.6 is 23.2 Å². The molecule has 0 saturated heterocycles.